The van der Waals surface area contributed by atoms with Crippen molar-refractivity contribution in [3.05, 3.63) is 35.4 Å². The number of esters is 1. The Hall–Kier alpha value is -2.57. The summed E-state index contributed by atoms with van der Waals surface area (Å²) in [5.74, 6) is -1.50. The van der Waals surface area contributed by atoms with E-state index < -0.39 is 29.7 Å². The molecular formula is C17H23NO6. The lowest BCUT2D eigenvalue weighted by Crippen LogP contribution is -2.45. The Morgan fingerprint density at radius 1 is 1.12 bits per heavy atom. The molecule has 0 bridgehead atoms. The summed E-state index contributed by atoms with van der Waals surface area (Å²) in [7, 11) is 1.24. The molecule has 24 heavy (non-hydrogen) atoms. The Bertz CT molecular complexity index is 588. The Morgan fingerprint density at radius 3 is 2.12 bits per heavy atom. The minimum Gasteiger partial charge on any atom is -0.481 e. The van der Waals surface area contributed by atoms with Gasteiger partial charge in [-0.25, -0.2) is 9.59 Å². The highest BCUT2D eigenvalue weighted by Gasteiger charge is 2.25. The SMILES string of the molecule is COC(=O)C(Cc1ccc(CC(=O)O)cc1)NC(=O)OC(C)(C)C. The van der Waals surface area contributed by atoms with Crippen molar-refractivity contribution in [3.8, 4) is 0 Å². The number of benzene rings is 1. The minimum atomic E-state index is -0.915. The van der Waals surface area contributed by atoms with Crippen molar-refractivity contribution < 1.29 is 29.0 Å². The maximum atomic E-state index is 11.9. The third kappa shape index (κ3) is 7.13. The van der Waals surface area contributed by atoms with E-state index in [1.54, 1.807) is 45.0 Å². The van der Waals surface area contributed by atoms with E-state index in [0.717, 1.165) is 5.56 Å². The molecule has 0 aliphatic carbocycles. The highest BCUT2D eigenvalue weighted by atomic mass is 16.6. The Morgan fingerprint density at radius 2 is 1.67 bits per heavy atom. The smallest absolute Gasteiger partial charge is 0.408 e. The molecule has 0 saturated carbocycles. The maximum Gasteiger partial charge on any atom is 0.408 e. The number of amides is 1. The van der Waals surface area contributed by atoms with Gasteiger partial charge in [-0.15, -0.1) is 0 Å². The van der Waals surface area contributed by atoms with Gasteiger partial charge in [-0.1, -0.05) is 24.3 Å². The summed E-state index contributed by atoms with van der Waals surface area (Å²) in [5, 5.41) is 11.2. The van der Waals surface area contributed by atoms with Gasteiger partial charge < -0.3 is 19.9 Å². The zero-order chi connectivity index (χ0) is 18.3. The van der Waals surface area contributed by atoms with Gasteiger partial charge in [0.05, 0.1) is 13.5 Å². The maximum absolute atomic E-state index is 11.9. The molecule has 7 heteroatoms. The fraction of sp³-hybridized carbons (Fsp3) is 0.471. The van der Waals surface area contributed by atoms with Crippen LogP contribution in [0.4, 0.5) is 4.79 Å². The zero-order valence-corrected chi connectivity index (χ0v) is 14.3. The fourth-order valence-corrected chi connectivity index (χ4v) is 1.99. The van der Waals surface area contributed by atoms with Crippen molar-refractivity contribution in [2.24, 2.45) is 0 Å². The predicted molar refractivity (Wildman–Crippen MR) is 86.7 cm³/mol. The summed E-state index contributed by atoms with van der Waals surface area (Å²) in [6, 6.07) is 5.88. The fourth-order valence-electron chi connectivity index (χ4n) is 1.99. The number of hydrogen-bond acceptors (Lipinski definition) is 5. The summed E-state index contributed by atoms with van der Waals surface area (Å²) in [6.07, 6.45) is -0.573. The van der Waals surface area contributed by atoms with Gasteiger partial charge in [0, 0.05) is 6.42 Å². The van der Waals surface area contributed by atoms with Crippen LogP contribution in [-0.2, 0) is 31.9 Å². The largest absolute Gasteiger partial charge is 0.481 e. The number of carboxylic acids is 1. The lowest BCUT2D eigenvalue weighted by molar-refractivity contribution is -0.143. The van der Waals surface area contributed by atoms with Crippen LogP contribution in [0.1, 0.15) is 31.9 Å². The van der Waals surface area contributed by atoms with Crippen molar-refractivity contribution in [3.63, 3.8) is 0 Å². The molecule has 1 aromatic carbocycles. The first-order valence-corrected chi connectivity index (χ1v) is 7.47. The van der Waals surface area contributed by atoms with E-state index in [0.29, 0.717) is 5.56 Å². The lowest BCUT2D eigenvalue weighted by Gasteiger charge is -2.22. The third-order valence-electron chi connectivity index (χ3n) is 2.99. The average Bonchev–Trinajstić information content (AvgIpc) is 2.45. The second-order valence-electron chi connectivity index (χ2n) is 6.31. The van der Waals surface area contributed by atoms with Gasteiger partial charge in [0.25, 0.3) is 0 Å². The molecule has 0 spiro atoms. The number of carbonyl (C=O) groups excluding carboxylic acids is 2. The molecule has 0 aliphatic heterocycles. The number of aliphatic carboxylic acids is 1. The van der Waals surface area contributed by atoms with Gasteiger partial charge >= 0.3 is 18.0 Å². The van der Waals surface area contributed by atoms with Crippen molar-refractivity contribution in [1.82, 2.24) is 5.32 Å². The van der Waals surface area contributed by atoms with E-state index in [4.69, 9.17) is 14.6 Å². The van der Waals surface area contributed by atoms with Crippen LogP contribution in [0.25, 0.3) is 0 Å². The van der Waals surface area contributed by atoms with Gasteiger partial charge in [0.1, 0.15) is 11.6 Å². The van der Waals surface area contributed by atoms with Crippen molar-refractivity contribution >= 4 is 18.0 Å². The Kier molecular flexibility index (Phi) is 6.76. The number of hydrogen-bond donors (Lipinski definition) is 2. The van der Waals surface area contributed by atoms with E-state index in [1.165, 1.54) is 7.11 Å². The number of carboxylic acid groups (broad SMARTS) is 1. The van der Waals surface area contributed by atoms with Crippen LogP contribution < -0.4 is 5.32 Å². The zero-order valence-electron chi connectivity index (χ0n) is 14.3. The molecular weight excluding hydrogens is 314 g/mol. The van der Waals surface area contributed by atoms with Crippen LogP contribution in [0.2, 0.25) is 0 Å². The lowest BCUT2D eigenvalue weighted by atomic mass is 10.0. The molecule has 2 N–H and O–H groups in total. The van der Waals surface area contributed by atoms with Crippen LogP contribution in [0.5, 0.6) is 0 Å². The van der Waals surface area contributed by atoms with Crippen LogP contribution in [0.3, 0.4) is 0 Å². The molecule has 1 unspecified atom stereocenters. The van der Waals surface area contributed by atoms with E-state index in [1.807, 2.05) is 0 Å². The molecule has 1 atom stereocenters. The number of carbonyl (C=O) groups is 3. The third-order valence-corrected chi connectivity index (χ3v) is 2.99. The van der Waals surface area contributed by atoms with E-state index in [-0.39, 0.29) is 12.8 Å². The second kappa shape index (κ2) is 8.33. The summed E-state index contributed by atoms with van der Waals surface area (Å²) >= 11 is 0. The first-order chi connectivity index (χ1) is 11.1. The highest BCUT2D eigenvalue weighted by molar-refractivity contribution is 5.81. The number of rotatable bonds is 6. The molecule has 0 radical (unpaired) electrons. The number of alkyl carbamates (subject to hydrolysis) is 1. The number of methoxy groups -OCH3 is 1. The monoisotopic (exact) mass is 337 g/mol. The number of ether oxygens (including phenoxy) is 2. The number of nitrogens with one attached hydrogen (secondary N) is 1. The van der Waals surface area contributed by atoms with Crippen molar-refractivity contribution in [1.29, 1.82) is 0 Å². The predicted octanol–water partition coefficient (Wildman–Crippen LogP) is 1.92. The molecule has 0 aliphatic rings. The van der Waals surface area contributed by atoms with Crippen molar-refractivity contribution in [2.45, 2.75) is 45.3 Å². The van der Waals surface area contributed by atoms with Crippen LogP contribution >= 0.6 is 0 Å². The first-order valence-electron chi connectivity index (χ1n) is 7.47. The van der Waals surface area contributed by atoms with Gasteiger partial charge in [-0.05, 0) is 31.9 Å². The van der Waals surface area contributed by atoms with E-state index in [2.05, 4.69) is 5.32 Å². The summed E-state index contributed by atoms with van der Waals surface area (Å²) in [5.41, 5.74) is 0.736. The molecule has 132 valence electrons. The van der Waals surface area contributed by atoms with Gasteiger partial charge in [-0.3, -0.25) is 4.79 Å². The Labute approximate surface area is 141 Å². The highest BCUT2D eigenvalue weighted by Crippen LogP contribution is 2.11. The molecule has 0 saturated heterocycles. The van der Waals surface area contributed by atoms with E-state index in [9.17, 15) is 14.4 Å². The van der Waals surface area contributed by atoms with Gasteiger partial charge in [0.2, 0.25) is 0 Å². The molecule has 7 nitrogen and oxygen atoms in total. The minimum absolute atomic E-state index is 0.0726. The first kappa shape index (κ1) is 19.5. The summed E-state index contributed by atoms with van der Waals surface area (Å²) in [4.78, 5) is 34.4. The second-order valence-corrected chi connectivity index (χ2v) is 6.31. The molecule has 0 fully saturated rings. The van der Waals surface area contributed by atoms with Gasteiger partial charge in [0.15, 0.2) is 0 Å². The van der Waals surface area contributed by atoms with Crippen LogP contribution in [-0.4, -0.2) is 41.9 Å². The van der Waals surface area contributed by atoms with E-state index >= 15 is 0 Å². The van der Waals surface area contributed by atoms with Gasteiger partial charge in [-0.2, -0.15) is 0 Å². The normalized spacial score (nSPS) is 12.2. The summed E-state index contributed by atoms with van der Waals surface area (Å²) in [6.45, 7) is 5.17. The molecule has 1 rings (SSSR count). The topological polar surface area (TPSA) is 102 Å². The summed E-state index contributed by atoms with van der Waals surface area (Å²) < 4.78 is 9.85. The molecule has 0 aromatic heterocycles. The van der Waals surface area contributed by atoms with Crippen LogP contribution in [0, 0.1) is 0 Å². The average molecular weight is 337 g/mol. The van der Waals surface area contributed by atoms with Crippen LogP contribution in [0.15, 0.2) is 24.3 Å². The molecule has 1 amide bonds. The van der Waals surface area contributed by atoms with Crippen molar-refractivity contribution in [2.75, 3.05) is 7.11 Å². The quantitative estimate of drug-likeness (QED) is 0.769. The molecule has 0 heterocycles. The standard InChI is InChI=1S/C17H23NO6/c1-17(2,3)24-16(22)18-13(15(21)23-4)9-11-5-7-12(8-6-11)10-14(19)20/h5-8,13H,9-10H2,1-4H3,(H,18,22)(H,19,20). The Balaban J connectivity index is 2.77. The molecule has 1 aromatic rings.